The van der Waals surface area contributed by atoms with E-state index in [2.05, 4.69) is 0 Å². The van der Waals surface area contributed by atoms with Crippen LogP contribution < -0.4 is 0 Å². The van der Waals surface area contributed by atoms with E-state index >= 15 is 0 Å². The SMILES string of the molecule is COC1COC2COC(C)(C)O[C@H]2C2OC(C)(C)OC12. The van der Waals surface area contributed by atoms with Crippen LogP contribution in [0.3, 0.4) is 0 Å². The molecular weight excluding hydrogens is 264 g/mol. The fourth-order valence-corrected chi connectivity index (χ4v) is 3.11. The van der Waals surface area contributed by atoms with Crippen molar-refractivity contribution < 1.29 is 28.4 Å². The minimum absolute atomic E-state index is 0.159. The van der Waals surface area contributed by atoms with Crippen molar-refractivity contribution in [2.24, 2.45) is 0 Å². The van der Waals surface area contributed by atoms with Crippen LogP contribution in [0.4, 0.5) is 0 Å². The van der Waals surface area contributed by atoms with E-state index < -0.39 is 11.6 Å². The van der Waals surface area contributed by atoms with Crippen molar-refractivity contribution >= 4 is 0 Å². The Hall–Kier alpha value is -0.240. The first-order chi connectivity index (χ1) is 9.31. The third-order valence-corrected chi connectivity index (χ3v) is 4.01. The molecule has 0 radical (unpaired) electrons. The standard InChI is InChI=1S/C14H24O6/c1-13(2)17-7-9-11(18-13)12-10(8(15-5)6-16-9)19-14(3,4)20-12/h8-12H,6-7H2,1-5H3/t8?,9?,10?,11-,12?/m1/s1. The summed E-state index contributed by atoms with van der Waals surface area (Å²) in [6, 6.07) is 0. The molecule has 6 nitrogen and oxygen atoms in total. The molecule has 3 aliphatic rings. The lowest BCUT2D eigenvalue weighted by atomic mass is 10.00. The molecule has 3 saturated heterocycles. The molecule has 3 rings (SSSR count). The Morgan fingerprint density at radius 1 is 0.850 bits per heavy atom. The average Bonchev–Trinajstić information content (AvgIpc) is 2.60. The number of methoxy groups -OCH3 is 1. The average molecular weight is 288 g/mol. The maximum Gasteiger partial charge on any atom is 0.164 e. The predicted molar refractivity (Wildman–Crippen MR) is 69.3 cm³/mol. The van der Waals surface area contributed by atoms with Gasteiger partial charge >= 0.3 is 0 Å². The largest absolute Gasteiger partial charge is 0.376 e. The molecule has 0 spiro atoms. The lowest BCUT2D eigenvalue weighted by Crippen LogP contribution is -2.55. The summed E-state index contributed by atoms with van der Waals surface area (Å²) >= 11 is 0. The lowest BCUT2D eigenvalue weighted by molar-refractivity contribution is -0.325. The monoisotopic (exact) mass is 288 g/mol. The summed E-state index contributed by atoms with van der Waals surface area (Å²) in [5.74, 6) is -1.28. The van der Waals surface area contributed by atoms with Crippen LogP contribution >= 0.6 is 0 Å². The normalized spacial score (nSPS) is 46.4. The molecular formula is C14H24O6. The van der Waals surface area contributed by atoms with Gasteiger partial charge in [0.2, 0.25) is 0 Å². The minimum atomic E-state index is -0.641. The highest BCUT2D eigenvalue weighted by molar-refractivity contribution is 4.99. The zero-order chi connectivity index (χ0) is 14.5. The molecule has 5 atom stereocenters. The smallest absolute Gasteiger partial charge is 0.164 e. The number of ether oxygens (including phenoxy) is 6. The number of hydrogen-bond donors (Lipinski definition) is 0. The van der Waals surface area contributed by atoms with Crippen molar-refractivity contribution in [2.75, 3.05) is 20.3 Å². The van der Waals surface area contributed by atoms with Crippen molar-refractivity contribution in [1.29, 1.82) is 0 Å². The van der Waals surface area contributed by atoms with E-state index in [9.17, 15) is 0 Å². The van der Waals surface area contributed by atoms with Crippen molar-refractivity contribution in [3.8, 4) is 0 Å². The van der Waals surface area contributed by atoms with Crippen LogP contribution in [0.15, 0.2) is 0 Å². The van der Waals surface area contributed by atoms with E-state index in [1.807, 2.05) is 27.7 Å². The van der Waals surface area contributed by atoms with E-state index in [1.54, 1.807) is 7.11 Å². The fourth-order valence-electron chi connectivity index (χ4n) is 3.11. The number of rotatable bonds is 1. The van der Waals surface area contributed by atoms with Crippen LogP contribution in [0, 0.1) is 0 Å². The van der Waals surface area contributed by atoms with Crippen LogP contribution in [0.25, 0.3) is 0 Å². The maximum atomic E-state index is 6.06. The maximum absolute atomic E-state index is 6.06. The fraction of sp³-hybridized carbons (Fsp3) is 1.00. The van der Waals surface area contributed by atoms with Gasteiger partial charge in [0.15, 0.2) is 11.6 Å². The van der Waals surface area contributed by atoms with Gasteiger partial charge in [-0.3, -0.25) is 0 Å². The van der Waals surface area contributed by atoms with E-state index in [0.29, 0.717) is 13.2 Å². The Bertz CT molecular complexity index is 369. The van der Waals surface area contributed by atoms with Crippen LogP contribution in [-0.2, 0) is 28.4 Å². The molecule has 0 aliphatic carbocycles. The van der Waals surface area contributed by atoms with Crippen LogP contribution in [0.1, 0.15) is 27.7 Å². The highest BCUT2D eigenvalue weighted by Crippen LogP contribution is 2.39. The third-order valence-electron chi connectivity index (χ3n) is 4.01. The Balaban J connectivity index is 1.88. The first-order valence-corrected chi connectivity index (χ1v) is 7.13. The molecule has 0 bridgehead atoms. The third kappa shape index (κ3) is 2.61. The Morgan fingerprint density at radius 2 is 1.50 bits per heavy atom. The molecule has 0 saturated carbocycles. The summed E-state index contributed by atoms with van der Waals surface area (Å²) in [5, 5.41) is 0. The Labute approximate surface area is 119 Å². The summed E-state index contributed by atoms with van der Waals surface area (Å²) < 4.78 is 35.2. The minimum Gasteiger partial charge on any atom is -0.376 e. The summed E-state index contributed by atoms with van der Waals surface area (Å²) in [5.41, 5.74) is 0. The Morgan fingerprint density at radius 3 is 2.20 bits per heavy atom. The zero-order valence-electron chi connectivity index (χ0n) is 12.8. The van der Waals surface area contributed by atoms with Gasteiger partial charge in [0.25, 0.3) is 0 Å². The van der Waals surface area contributed by atoms with E-state index in [-0.39, 0.29) is 30.5 Å². The van der Waals surface area contributed by atoms with Crippen molar-refractivity contribution in [2.45, 2.75) is 69.8 Å². The van der Waals surface area contributed by atoms with Gasteiger partial charge in [-0.25, -0.2) is 0 Å². The number of fused-ring (bicyclic) bond motifs is 3. The van der Waals surface area contributed by atoms with Crippen molar-refractivity contribution in [1.82, 2.24) is 0 Å². The molecule has 3 aliphatic heterocycles. The zero-order valence-corrected chi connectivity index (χ0v) is 12.8. The molecule has 4 unspecified atom stereocenters. The molecule has 3 fully saturated rings. The molecule has 116 valence electrons. The second-order valence-electron chi connectivity index (χ2n) is 6.50. The molecule has 0 N–H and O–H groups in total. The van der Waals surface area contributed by atoms with Crippen LogP contribution in [0.2, 0.25) is 0 Å². The van der Waals surface area contributed by atoms with E-state index in [1.165, 1.54) is 0 Å². The van der Waals surface area contributed by atoms with E-state index in [0.717, 1.165) is 0 Å². The summed E-state index contributed by atoms with van der Waals surface area (Å²) in [7, 11) is 1.66. The molecule has 6 heteroatoms. The van der Waals surface area contributed by atoms with Gasteiger partial charge < -0.3 is 28.4 Å². The topological polar surface area (TPSA) is 55.4 Å². The summed E-state index contributed by atoms with van der Waals surface area (Å²) in [6.45, 7) is 8.56. The molecule has 0 amide bonds. The Kier molecular flexibility index (Phi) is 3.60. The highest BCUT2D eigenvalue weighted by Gasteiger charge is 2.56. The first kappa shape index (κ1) is 14.7. The van der Waals surface area contributed by atoms with Gasteiger partial charge in [0.1, 0.15) is 30.5 Å². The molecule has 20 heavy (non-hydrogen) atoms. The predicted octanol–water partition coefficient (Wildman–Crippen LogP) is 1.07. The second-order valence-corrected chi connectivity index (χ2v) is 6.50. The summed E-state index contributed by atoms with van der Waals surface area (Å²) in [6.07, 6.45) is -0.956. The van der Waals surface area contributed by atoms with Gasteiger partial charge in [-0.05, 0) is 27.7 Å². The first-order valence-electron chi connectivity index (χ1n) is 7.13. The van der Waals surface area contributed by atoms with Gasteiger partial charge in [0.05, 0.1) is 13.2 Å². The molecule has 0 aromatic rings. The van der Waals surface area contributed by atoms with Crippen molar-refractivity contribution in [3.63, 3.8) is 0 Å². The highest BCUT2D eigenvalue weighted by atomic mass is 16.8. The lowest BCUT2D eigenvalue weighted by Gasteiger charge is -2.42. The van der Waals surface area contributed by atoms with Crippen molar-refractivity contribution in [3.05, 3.63) is 0 Å². The van der Waals surface area contributed by atoms with Crippen LogP contribution in [0.5, 0.6) is 0 Å². The van der Waals surface area contributed by atoms with Gasteiger partial charge in [-0.2, -0.15) is 0 Å². The molecule has 3 heterocycles. The van der Waals surface area contributed by atoms with Gasteiger partial charge in [0, 0.05) is 7.11 Å². The quantitative estimate of drug-likeness (QED) is 0.719. The second kappa shape index (κ2) is 4.90. The molecule has 0 aromatic carbocycles. The van der Waals surface area contributed by atoms with E-state index in [4.69, 9.17) is 28.4 Å². The molecule has 0 aromatic heterocycles. The summed E-state index contributed by atoms with van der Waals surface area (Å²) in [4.78, 5) is 0. The van der Waals surface area contributed by atoms with Crippen LogP contribution in [-0.4, -0.2) is 62.4 Å². The number of hydrogen-bond acceptors (Lipinski definition) is 6. The van der Waals surface area contributed by atoms with Gasteiger partial charge in [-0.1, -0.05) is 0 Å². The van der Waals surface area contributed by atoms with Gasteiger partial charge in [-0.15, -0.1) is 0 Å².